The maximum atomic E-state index is 13.2. The lowest BCUT2D eigenvalue weighted by atomic mass is 10.0. The predicted molar refractivity (Wildman–Crippen MR) is 75.1 cm³/mol. The van der Waals surface area contributed by atoms with Crippen LogP contribution >= 0.6 is 0 Å². The van der Waals surface area contributed by atoms with Crippen molar-refractivity contribution in [3.8, 4) is 5.75 Å². The Balaban J connectivity index is 1.90. The highest BCUT2D eigenvalue weighted by Crippen LogP contribution is 2.29. The van der Waals surface area contributed by atoms with Crippen LogP contribution in [0.5, 0.6) is 5.75 Å². The Morgan fingerprint density at radius 2 is 2.00 bits per heavy atom. The summed E-state index contributed by atoms with van der Waals surface area (Å²) < 4.78 is 18.7. The molecule has 0 bridgehead atoms. The monoisotopic (exact) mass is 282 g/mol. The number of aliphatic hydroxyl groups excluding tert-OH is 2. The maximum absolute atomic E-state index is 13.2. The summed E-state index contributed by atoms with van der Waals surface area (Å²) >= 11 is 0. The van der Waals surface area contributed by atoms with Gasteiger partial charge in [0, 0.05) is 11.6 Å². The number of ether oxygens (including phenoxy) is 1. The molecular formula is C16H23FO3. The number of hydrogen-bond donors (Lipinski definition) is 2. The Labute approximate surface area is 119 Å². The minimum atomic E-state index is -0.724. The summed E-state index contributed by atoms with van der Waals surface area (Å²) in [5.41, 5.74) is 0.541. The highest BCUT2D eigenvalue weighted by molar-refractivity contribution is 5.35. The van der Waals surface area contributed by atoms with Gasteiger partial charge in [-0.2, -0.15) is 0 Å². The quantitative estimate of drug-likeness (QED) is 0.842. The van der Waals surface area contributed by atoms with Crippen LogP contribution in [0.2, 0.25) is 0 Å². The second-order valence-electron chi connectivity index (χ2n) is 5.71. The molecule has 1 aromatic carbocycles. The average molecular weight is 282 g/mol. The van der Waals surface area contributed by atoms with Crippen LogP contribution in [0.25, 0.3) is 0 Å². The molecular weight excluding hydrogens is 259 g/mol. The van der Waals surface area contributed by atoms with Gasteiger partial charge in [-0.1, -0.05) is 25.7 Å². The Kier molecular flexibility index (Phi) is 5.38. The van der Waals surface area contributed by atoms with Gasteiger partial charge in [0.1, 0.15) is 18.2 Å². The van der Waals surface area contributed by atoms with Crippen molar-refractivity contribution in [1.29, 1.82) is 0 Å². The predicted octanol–water partition coefficient (Wildman–Crippen LogP) is 3.20. The van der Waals surface area contributed by atoms with Gasteiger partial charge in [0.25, 0.3) is 0 Å². The molecule has 4 heteroatoms. The van der Waals surface area contributed by atoms with Crippen molar-refractivity contribution >= 4 is 0 Å². The minimum Gasteiger partial charge on any atom is -0.490 e. The highest BCUT2D eigenvalue weighted by atomic mass is 19.1. The van der Waals surface area contributed by atoms with Gasteiger partial charge in [-0.05, 0) is 31.4 Å². The lowest BCUT2D eigenvalue weighted by Gasteiger charge is -2.18. The molecule has 3 nitrogen and oxygen atoms in total. The van der Waals surface area contributed by atoms with E-state index in [0.717, 1.165) is 6.42 Å². The molecule has 1 aliphatic rings. The third-order valence-corrected chi connectivity index (χ3v) is 3.94. The fourth-order valence-electron chi connectivity index (χ4n) is 2.86. The number of halogens is 1. The zero-order valence-corrected chi connectivity index (χ0v) is 11.9. The molecule has 112 valence electrons. The van der Waals surface area contributed by atoms with Crippen molar-refractivity contribution in [3.05, 3.63) is 29.6 Å². The number of hydrogen-bond acceptors (Lipinski definition) is 3. The van der Waals surface area contributed by atoms with Crippen molar-refractivity contribution in [2.45, 2.75) is 51.2 Å². The second-order valence-corrected chi connectivity index (χ2v) is 5.71. The molecule has 0 saturated heterocycles. The zero-order chi connectivity index (χ0) is 14.5. The van der Waals surface area contributed by atoms with Gasteiger partial charge in [-0.25, -0.2) is 4.39 Å². The lowest BCUT2D eigenvalue weighted by Crippen LogP contribution is -2.21. The molecule has 0 heterocycles. The first-order chi connectivity index (χ1) is 9.56. The van der Waals surface area contributed by atoms with Crippen molar-refractivity contribution in [2.24, 2.45) is 5.92 Å². The van der Waals surface area contributed by atoms with Crippen LogP contribution in [0, 0.1) is 11.7 Å². The maximum Gasteiger partial charge on any atom is 0.128 e. The van der Waals surface area contributed by atoms with Gasteiger partial charge in [0.2, 0.25) is 0 Å². The summed E-state index contributed by atoms with van der Waals surface area (Å²) in [7, 11) is 0. The van der Waals surface area contributed by atoms with Gasteiger partial charge >= 0.3 is 0 Å². The molecule has 2 unspecified atom stereocenters. The first kappa shape index (κ1) is 15.3. The first-order valence-electron chi connectivity index (χ1n) is 7.34. The van der Waals surface area contributed by atoms with E-state index in [1.165, 1.54) is 43.9 Å². The van der Waals surface area contributed by atoms with Crippen molar-refractivity contribution in [1.82, 2.24) is 0 Å². The van der Waals surface area contributed by atoms with Crippen LogP contribution in [0.4, 0.5) is 4.39 Å². The minimum absolute atomic E-state index is 0.139. The van der Waals surface area contributed by atoms with Gasteiger partial charge in [0.05, 0.1) is 12.2 Å². The van der Waals surface area contributed by atoms with Crippen LogP contribution in [0.3, 0.4) is 0 Å². The van der Waals surface area contributed by atoms with E-state index in [1.807, 2.05) is 0 Å². The molecule has 2 rings (SSSR count). The molecule has 0 radical (unpaired) electrons. The van der Waals surface area contributed by atoms with E-state index in [2.05, 4.69) is 0 Å². The Morgan fingerprint density at radius 1 is 1.30 bits per heavy atom. The van der Waals surface area contributed by atoms with Crippen LogP contribution < -0.4 is 4.74 Å². The normalized spacial score (nSPS) is 19.0. The first-order valence-corrected chi connectivity index (χ1v) is 7.34. The molecule has 1 aliphatic carbocycles. The van der Waals surface area contributed by atoms with E-state index in [0.29, 0.717) is 17.2 Å². The number of aliphatic hydroxyl groups is 2. The molecule has 1 fully saturated rings. The molecule has 0 spiro atoms. The van der Waals surface area contributed by atoms with Gasteiger partial charge in [0.15, 0.2) is 0 Å². The standard InChI is InChI=1S/C16H23FO3/c1-11(18)15-7-6-13(17)9-16(15)20-10-14(19)8-12-4-2-3-5-12/h6-7,9,11-12,14,18-19H,2-5,8,10H2,1H3. The van der Waals surface area contributed by atoms with Crippen LogP contribution in [-0.4, -0.2) is 22.9 Å². The summed E-state index contributed by atoms with van der Waals surface area (Å²) in [6.45, 7) is 1.74. The van der Waals surface area contributed by atoms with Crippen LogP contribution in [-0.2, 0) is 0 Å². The number of rotatable bonds is 6. The summed E-state index contributed by atoms with van der Waals surface area (Å²) in [5.74, 6) is 0.484. The molecule has 0 aliphatic heterocycles. The summed E-state index contributed by atoms with van der Waals surface area (Å²) in [4.78, 5) is 0. The van der Waals surface area contributed by atoms with E-state index >= 15 is 0 Å². The molecule has 1 aromatic rings. The molecule has 2 atom stereocenters. The van der Waals surface area contributed by atoms with Crippen molar-refractivity contribution in [3.63, 3.8) is 0 Å². The molecule has 2 N–H and O–H groups in total. The van der Waals surface area contributed by atoms with Crippen LogP contribution in [0.1, 0.15) is 50.7 Å². The fraction of sp³-hybridized carbons (Fsp3) is 0.625. The smallest absolute Gasteiger partial charge is 0.128 e. The summed E-state index contributed by atoms with van der Waals surface area (Å²) in [6, 6.07) is 4.06. The summed E-state index contributed by atoms with van der Waals surface area (Å²) in [6.07, 6.45) is 4.31. The van der Waals surface area contributed by atoms with E-state index in [9.17, 15) is 14.6 Å². The lowest BCUT2D eigenvalue weighted by molar-refractivity contribution is 0.0830. The molecule has 20 heavy (non-hydrogen) atoms. The Bertz CT molecular complexity index is 428. The van der Waals surface area contributed by atoms with Crippen molar-refractivity contribution < 1.29 is 19.3 Å². The SMILES string of the molecule is CC(O)c1ccc(F)cc1OCC(O)CC1CCCC1. The molecule has 0 aromatic heterocycles. The van der Waals surface area contributed by atoms with Crippen molar-refractivity contribution in [2.75, 3.05) is 6.61 Å². The van der Waals surface area contributed by atoms with Gasteiger partial charge in [-0.15, -0.1) is 0 Å². The average Bonchev–Trinajstić information content (AvgIpc) is 2.89. The topological polar surface area (TPSA) is 49.7 Å². The van der Waals surface area contributed by atoms with E-state index in [4.69, 9.17) is 4.74 Å². The third-order valence-electron chi connectivity index (χ3n) is 3.94. The second kappa shape index (κ2) is 7.04. The number of benzene rings is 1. The zero-order valence-electron chi connectivity index (χ0n) is 11.9. The van der Waals surface area contributed by atoms with Crippen LogP contribution in [0.15, 0.2) is 18.2 Å². The van der Waals surface area contributed by atoms with Gasteiger partial charge < -0.3 is 14.9 Å². The highest BCUT2D eigenvalue weighted by Gasteiger charge is 2.20. The largest absolute Gasteiger partial charge is 0.490 e. The Morgan fingerprint density at radius 3 is 2.65 bits per heavy atom. The third kappa shape index (κ3) is 4.18. The molecule has 1 saturated carbocycles. The van der Waals surface area contributed by atoms with E-state index < -0.39 is 18.0 Å². The van der Waals surface area contributed by atoms with Gasteiger partial charge in [-0.3, -0.25) is 0 Å². The van der Waals surface area contributed by atoms with E-state index in [1.54, 1.807) is 6.92 Å². The summed E-state index contributed by atoms with van der Waals surface area (Å²) in [5, 5.41) is 19.6. The Hall–Kier alpha value is -1.13. The van der Waals surface area contributed by atoms with E-state index in [-0.39, 0.29) is 6.61 Å². The fourth-order valence-corrected chi connectivity index (χ4v) is 2.86. The molecule has 0 amide bonds.